The van der Waals surface area contributed by atoms with Crippen LogP contribution in [0.5, 0.6) is 0 Å². The highest BCUT2D eigenvalue weighted by Gasteiger charge is 2.13. The fourth-order valence-corrected chi connectivity index (χ4v) is 2.05. The fraction of sp³-hybridized carbons (Fsp3) is 0.429. The lowest BCUT2D eigenvalue weighted by atomic mass is 10.1. The van der Waals surface area contributed by atoms with Gasteiger partial charge in [-0.3, -0.25) is 9.59 Å². The van der Waals surface area contributed by atoms with E-state index in [4.69, 9.17) is 0 Å². The van der Waals surface area contributed by atoms with E-state index in [9.17, 15) is 9.59 Å². The predicted octanol–water partition coefficient (Wildman–Crippen LogP) is 0.863. The van der Waals surface area contributed by atoms with Crippen LogP contribution in [0, 0.1) is 0 Å². The quantitative estimate of drug-likeness (QED) is 0.845. The zero-order valence-corrected chi connectivity index (χ0v) is 11.3. The number of rotatable bonds is 4. The van der Waals surface area contributed by atoms with Crippen LogP contribution in [0.15, 0.2) is 18.2 Å². The van der Waals surface area contributed by atoms with Crippen molar-refractivity contribution in [2.45, 2.75) is 12.8 Å². The molecule has 1 aromatic rings. The van der Waals surface area contributed by atoms with Crippen molar-refractivity contribution in [3.05, 3.63) is 29.3 Å². The van der Waals surface area contributed by atoms with Crippen molar-refractivity contribution in [3.63, 3.8) is 0 Å². The number of anilines is 1. The number of carbonyl (C=O) groups is 2. The van der Waals surface area contributed by atoms with Crippen molar-refractivity contribution < 1.29 is 9.59 Å². The standard InChI is InChI=1S/C14H19N3O2/c1-17(2)13(18)6-8-16-14(19)11-3-4-12-10(9-11)5-7-15-12/h3-4,9,15H,5-8H2,1-2H3,(H,16,19). The van der Waals surface area contributed by atoms with Gasteiger partial charge in [0, 0.05) is 44.9 Å². The second kappa shape index (κ2) is 5.73. The molecule has 1 aliphatic heterocycles. The highest BCUT2D eigenvalue weighted by molar-refractivity contribution is 5.95. The number of carbonyl (C=O) groups excluding carboxylic acids is 2. The van der Waals surface area contributed by atoms with E-state index in [-0.39, 0.29) is 11.8 Å². The van der Waals surface area contributed by atoms with Crippen molar-refractivity contribution in [2.75, 3.05) is 32.5 Å². The Labute approximate surface area is 113 Å². The second-order valence-corrected chi connectivity index (χ2v) is 4.84. The van der Waals surface area contributed by atoms with Crippen LogP contribution in [0.25, 0.3) is 0 Å². The summed E-state index contributed by atoms with van der Waals surface area (Å²) in [6.07, 6.45) is 1.28. The van der Waals surface area contributed by atoms with Gasteiger partial charge in [0.25, 0.3) is 5.91 Å². The molecule has 0 aliphatic carbocycles. The van der Waals surface area contributed by atoms with Crippen molar-refractivity contribution in [2.24, 2.45) is 0 Å². The van der Waals surface area contributed by atoms with Crippen LogP contribution >= 0.6 is 0 Å². The first-order valence-electron chi connectivity index (χ1n) is 6.43. The summed E-state index contributed by atoms with van der Waals surface area (Å²) >= 11 is 0. The number of nitrogens with one attached hydrogen (secondary N) is 2. The normalized spacial score (nSPS) is 12.5. The summed E-state index contributed by atoms with van der Waals surface area (Å²) in [5, 5.41) is 6.02. The molecule has 0 saturated carbocycles. The molecule has 102 valence electrons. The molecule has 0 fully saturated rings. The summed E-state index contributed by atoms with van der Waals surface area (Å²) in [7, 11) is 3.41. The van der Waals surface area contributed by atoms with Crippen molar-refractivity contribution in [3.8, 4) is 0 Å². The minimum Gasteiger partial charge on any atom is -0.384 e. The summed E-state index contributed by atoms with van der Waals surface area (Å²) < 4.78 is 0. The summed E-state index contributed by atoms with van der Waals surface area (Å²) in [6.45, 7) is 1.29. The summed E-state index contributed by atoms with van der Waals surface area (Å²) in [5.74, 6) is -0.111. The SMILES string of the molecule is CN(C)C(=O)CCNC(=O)c1ccc2c(c1)CCN2. The van der Waals surface area contributed by atoms with Crippen molar-refractivity contribution >= 4 is 17.5 Å². The molecule has 2 rings (SSSR count). The van der Waals surface area contributed by atoms with E-state index < -0.39 is 0 Å². The molecule has 19 heavy (non-hydrogen) atoms. The van der Waals surface area contributed by atoms with Gasteiger partial charge in [0.15, 0.2) is 0 Å². The van der Waals surface area contributed by atoms with Gasteiger partial charge < -0.3 is 15.5 Å². The average Bonchev–Trinajstić information content (AvgIpc) is 2.85. The molecule has 2 amide bonds. The number of fused-ring (bicyclic) bond motifs is 1. The first-order chi connectivity index (χ1) is 9.08. The highest BCUT2D eigenvalue weighted by Crippen LogP contribution is 2.22. The van der Waals surface area contributed by atoms with Crippen LogP contribution in [-0.2, 0) is 11.2 Å². The molecule has 0 unspecified atom stereocenters. The molecule has 1 aliphatic rings. The number of nitrogens with zero attached hydrogens (tertiary/aromatic N) is 1. The molecule has 5 heteroatoms. The van der Waals surface area contributed by atoms with E-state index >= 15 is 0 Å². The minimum absolute atomic E-state index is 0.0125. The van der Waals surface area contributed by atoms with E-state index in [1.807, 2.05) is 12.1 Å². The number of hydrogen-bond donors (Lipinski definition) is 2. The van der Waals surface area contributed by atoms with Crippen LogP contribution in [0.3, 0.4) is 0 Å². The maximum absolute atomic E-state index is 11.9. The Morgan fingerprint density at radius 1 is 1.37 bits per heavy atom. The van der Waals surface area contributed by atoms with Gasteiger partial charge in [-0.05, 0) is 30.2 Å². The van der Waals surface area contributed by atoms with Crippen LogP contribution < -0.4 is 10.6 Å². The maximum Gasteiger partial charge on any atom is 0.251 e. The monoisotopic (exact) mass is 261 g/mol. The Bertz CT molecular complexity index is 497. The molecule has 0 spiro atoms. The van der Waals surface area contributed by atoms with Gasteiger partial charge in [0.1, 0.15) is 0 Å². The zero-order valence-electron chi connectivity index (χ0n) is 11.3. The molecule has 0 bridgehead atoms. The van der Waals surface area contributed by atoms with Gasteiger partial charge in [0.05, 0.1) is 0 Å². The second-order valence-electron chi connectivity index (χ2n) is 4.84. The van der Waals surface area contributed by atoms with Gasteiger partial charge in [-0.25, -0.2) is 0 Å². The van der Waals surface area contributed by atoms with E-state index in [1.54, 1.807) is 20.2 Å². The molecular formula is C14H19N3O2. The maximum atomic E-state index is 11.9. The van der Waals surface area contributed by atoms with Crippen LogP contribution in [0.2, 0.25) is 0 Å². The highest BCUT2D eigenvalue weighted by atomic mass is 16.2. The lowest BCUT2D eigenvalue weighted by Crippen LogP contribution is -2.30. The molecular weight excluding hydrogens is 242 g/mol. The topological polar surface area (TPSA) is 61.4 Å². The summed E-state index contributed by atoms with van der Waals surface area (Å²) in [6, 6.07) is 5.65. The first kappa shape index (κ1) is 13.4. The van der Waals surface area contributed by atoms with E-state index in [0.717, 1.165) is 18.7 Å². The van der Waals surface area contributed by atoms with Crippen LogP contribution in [0.4, 0.5) is 5.69 Å². The lowest BCUT2D eigenvalue weighted by Gasteiger charge is -2.11. The fourth-order valence-electron chi connectivity index (χ4n) is 2.05. The van der Waals surface area contributed by atoms with E-state index in [2.05, 4.69) is 10.6 Å². The van der Waals surface area contributed by atoms with Gasteiger partial charge in [-0.15, -0.1) is 0 Å². The Balaban J connectivity index is 1.88. The molecule has 1 heterocycles. The minimum atomic E-state index is -0.124. The molecule has 0 radical (unpaired) electrons. The zero-order chi connectivity index (χ0) is 13.8. The molecule has 5 nitrogen and oxygen atoms in total. The number of benzene rings is 1. The Morgan fingerprint density at radius 2 is 2.16 bits per heavy atom. The largest absolute Gasteiger partial charge is 0.384 e. The van der Waals surface area contributed by atoms with Gasteiger partial charge in [-0.1, -0.05) is 0 Å². The van der Waals surface area contributed by atoms with E-state index in [0.29, 0.717) is 18.5 Å². The Hall–Kier alpha value is -2.04. The Morgan fingerprint density at radius 3 is 2.89 bits per heavy atom. The van der Waals surface area contributed by atoms with Crippen LogP contribution in [0.1, 0.15) is 22.3 Å². The molecule has 0 aromatic heterocycles. The third kappa shape index (κ3) is 3.24. The summed E-state index contributed by atoms with van der Waals surface area (Å²) in [4.78, 5) is 24.8. The number of hydrogen-bond acceptors (Lipinski definition) is 3. The van der Waals surface area contributed by atoms with Crippen molar-refractivity contribution in [1.29, 1.82) is 0 Å². The van der Waals surface area contributed by atoms with Gasteiger partial charge in [0.2, 0.25) is 5.91 Å². The summed E-state index contributed by atoms with van der Waals surface area (Å²) in [5.41, 5.74) is 2.94. The number of amides is 2. The first-order valence-corrected chi connectivity index (χ1v) is 6.43. The van der Waals surface area contributed by atoms with Gasteiger partial charge >= 0.3 is 0 Å². The van der Waals surface area contributed by atoms with Gasteiger partial charge in [-0.2, -0.15) is 0 Å². The average molecular weight is 261 g/mol. The third-order valence-electron chi connectivity index (χ3n) is 3.20. The third-order valence-corrected chi connectivity index (χ3v) is 3.20. The molecule has 2 N–H and O–H groups in total. The van der Waals surface area contributed by atoms with E-state index in [1.165, 1.54) is 10.5 Å². The van der Waals surface area contributed by atoms with Crippen LogP contribution in [-0.4, -0.2) is 43.9 Å². The lowest BCUT2D eigenvalue weighted by molar-refractivity contribution is -0.128. The predicted molar refractivity (Wildman–Crippen MR) is 74.3 cm³/mol. The Kier molecular flexibility index (Phi) is 4.04. The smallest absolute Gasteiger partial charge is 0.251 e. The molecule has 1 aromatic carbocycles. The van der Waals surface area contributed by atoms with Crippen molar-refractivity contribution in [1.82, 2.24) is 10.2 Å². The molecule has 0 saturated heterocycles. The molecule has 0 atom stereocenters.